The minimum Gasteiger partial charge on any atom is -0.0861 e. The molecule has 0 bridgehead atoms. The second-order valence-corrected chi connectivity index (χ2v) is 4.36. The molecule has 10 heavy (non-hydrogen) atoms. The van der Waals surface area contributed by atoms with Crippen LogP contribution in [0.3, 0.4) is 0 Å². The van der Waals surface area contributed by atoms with Crippen LogP contribution < -0.4 is 0 Å². The molecule has 0 aliphatic carbocycles. The summed E-state index contributed by atoms with van der Waals surface area (Å²) >= 11 is 0. The molecule has 0 amide bonds. The predicted molar refractivity (Wildman–Crippen MR) is 50.9 cm³/mol. The van der Waals surface area contributed by atoms with Gasteiger partial charge in [0, 0.05) is 0 Å². The van der Waals surface area contributed by atoms with Crippen molar-refractivity contribution in [1.29, 1.82) is 0 Å². The van der Waals surface area contributed by atoms with Crippen LogP contribution >= 0.6 is 0 Å². The molecule has 0 heterocycles. The van der Waals surface area contributed by atoms with Crippen LogP contribution in [0.4, 0.5) is 0 Å². The van der Waals surface area contributed by atoms with E-state index in [4.69, 9.17) is 0 Å². The van der Waals surface area contributed by atoms with Gasteiger partial charge >= 0.3 is 0 Å². The Labute approximate surface area is 66.5 Å². The minimum atomic E-state index is 0.869. The third-order valence-corrected chi connectivity index (χ3v) is 1.75. The zero-order chi connectivity index (χ0) is 8.15. The van der Waals surface area contributed by atoms with Gasteiger partial charge in [0.05, 0.1) is 0 Å². The SMILES string of the molecule is CB(CC(C)C)CC(C)C. The maximum atomic E-state index is 2.36. The molecule has 0 fully saturated rings. The van der Waals surface area contributed by atoms with Gasteiger partial charge in [0.15, 0.2) is 0 Å². The molecule has 0 unspecified atom stereocenters. The normalized spacial score (nSPS) is 11.1. The number of hydrogen-bond donors (Lipinski definition) is 0. The zero-order valence-corrected chi connectivity index (χ0v) is 8.15. The molecule has 0 spiro atoms. The van der Waals surface area contributed by atoms with Gasteiger partial charge < -0.3 is 0 Å². The smallest absolute Gasteiger partial charge is 0.0861 e. The molecule has 60 valence electrons. The summed E-state index contributed by atoms with van der Waals surface area (Å²) in [5.74, 6) is 1.74. The fourth-order valence-corrected chi connectivity index (χ4v) is 1.71. The lowest BCUT2D eigenvalue weighted by Gasteiger charge is -2.12. The Morgan fingerprint density at radius 3 is 1.40 bits per heavy atom. The molecular formula is C9H21B. The minimum absolute atomic E-state index is 0.869. The van der Waals surface area contributed by atoms with E-state index in [-0.39, 0.29) is 0 Å². The molecule has 0 N–H and O–H groups in total. The van der Waals surface area contributed by atoms with Crippen LogP contribution in [-0.2, 0) is 0 Å². The summed E-state index contributed by atoms with van der Waals surface area (Å²) in [4.78, 5) is 0. The highest BCUT2D eigenvalue weighted by Gasteiger charge is 2.10. The van der Waals surface area contributed by atoms with E-state index < -0.39 is 0 Å². The quantitative estimate of drug-likeness (QED) is 0.525. The van der Waals surface area contributed by atoms with E-state index in [9.17, 15) is 0 Å². The van der Waals surface area contributed by atoms with E-state index in [1.807, 2.05) is 0 Å². The van der Waals surface area contributed by atoms with E-state index >= 15 is 0 Å². The van der Waals surface area contributed by atoms with Gasteiger partial charge in [0.1, 0.15) is 6.71 Å². The van der Waals surface area contributed by atoms with Crippen molar-refractivity contribution < 1.29 is 0 Å². The Kier molecular flexibility index (Phi) is 4.85. The van der Waals surface area contributed by atoms with E-state index in [1.165, 1.54) is 12.6 Å². The topological polar surface area (TPSA) is 0 Å². The van der Waals surface area contributed by atoms with E-state index in [1.54, 1.807) is 0 Å². The molecule has 0 rings (SSSR count). The van der Waals surface area contributed by atoms with Crippen molar-refractivity contribution in [1.82, 2.24) is 0 Å². The predicted octanol–water partition coefficient (Wildman–Crippen LogP) is 3.42. The third-order valence-electron chi connectivity index (χ3n) is 1.75. The van der Waals surface area contributed by atoms with Gasteiger partial charge in [-0.15, -0.1) is 0 Å². The Morgan fingerprint density at radius 2 is 1.20 bits per heavy atom. The van der Waals surface area contributed by atoms with Crippen LogP contribution in [0, 0.1) is 11.8 Å². The molecule has 1 heteroatoms. The molecule has 0 radical (unpaired) electrons. The van der Waals surface area contributed by atoms with Gasteiger partial charge in [-0.1, -0.05) is 59.0 Å². The maximum Gasteiger partial charge on any atom is 0.137 e. The average Bonchev–Trinajstić information content (AvgIpc) is 1.58. The summed E-state index contributed by atoms with van der Waals surface area (Å²) in [5.41, 5.74) is 0. The van der Waals surface area contributed by atoms with Crippen LogP contribution in [0.25, 0.3) is 0 Å². The summed E-state index contributed by atoms with van der Waals surface area (Å²) in [6.45, 7) is 12.5. The number of rotatable bonds is 4. The molecule has 0 atom stereocenters. The van der Waals surface area contributed by atoms with Crippen LogP contribution in [0.15, 0.2) is 0 Å². The second kappa shape index (κ2) is 4.82. The molecule has 0 saturated heterocycles. The zero-order valence-electron chi connectivity index (χ0n) is 8.15. The Hall–Kier alpha value is 0.0649. The molecule has 0 aliphatic rings. The summed E-state index contributed by atoms with van der Waals surface area (Å²) < 4.78 is 0. The standard InChI is InChI=1S/C9H21B/c1-8(2)6-10(5)7-9(3)4/h8-9H,6-7H2,1-5H3. The van der Waals surface area contributed by atoms with Gasteiger partial charge in [0.25, 0.3) is 0 Å². The molecule has 0 aromatic carbocycles. The van der Waals surface area contributed by atoms with Gasteiger partial charge in [0.2, 0.25) is 0 Å². The Morgan fingerprint density at radius 1 is 0.900 bits per heavy atom. The molecule has 0 aromatic heterocycles. The lowest BCUT2D eigenvalue weighted by atomic mass is 9.44. The van der Waals surface area contributed by atoms with Crippen LogP contribution in [0.1, 0.15) is 27.7 Å². The highest BCUT2D eigenvalue weighted by Crippen LogP contribution is 2.13. The van der Waals surface area contributed by atoms with Crippen molar-refractivity contribution >= 4 is 6.71 Å². The van der Waals surface area contributed by atoms with E-state index in [2.05, 4.69) is 34.5 Å². The van der Waals surface area contributed by atoms with Gasteiger partial charge in [-0.05, 0) is 0 Å². The van der Waals surface area contributed by atoms with Crippen molar-refractivity contribution in [3.8, 4) is 0 Å². The van der Waals surface area contributed by atoms with Gasteiger partial charge in [-0.3, -0.25) is 0 Å². The summed E-state index contributed by atoms with van der Waals surface area (Å²) in [5, 5.41) is 0. The van der Waals surface area contributed by atoms with Crippen molar-refractivity contribution in [2.75, 3.05) is 0 Å². The van der Waals surface area contributed by atoms with Gasteiger partial charge in [-0.25, -0.2) is 0 Å². The lowest BCUT2D eigenvalue weighted by molar-refractivity contribution is 0.692. The molecular weight excluding hydrogens is 119 g/mol. The fourth-order valence-electron chi connectivity index (χ4n) is 1.71. The van der Waals surface area contributed by atoms with Crippen molar-refractivity contribution in [2.45, 2.75) is 47.2 Å². The Bertz CT molecular complexity index is 66.8. The highest BCUT2D eigenvalue weighted by atomic mass is 13.9. The molecule has 0 aromatic rings. The second-order valence-electron chi connectivity index (χ2n) is 4.36. The average molecular weight is 140 g/mol. The van der Waals surface area contributed by atoms with Crippen LogP contribution in [-0.4, -0.2) is 6.71 Å². The maximum absolute atomic E-state index is 2.36. The largest absolute Gasteiger partial charge is 0.137 e. The van der Waals surface area contributed by atoms with Crippen LogP contribution in [0.2, 0.25) is 19.5 Å². The monoisotopic (exact) mass is 140 g/mol. The summed E-state index contributed by atoms with van der Waals surface area (Å²) in [7, 11) is 0. The number of hydrogen-bond acceptors (Lipinski definition) is 0. The molecule has 0 aliphatic heterocycles. The summed E-state index contributed by atoms with van der Waals surface area (Å²) in [6.07, 6.45) is 2.77. The first kappa shape index (κ1) is 10.1. The van der Waals surface area contributed by atoms with Crippen molar-refractivity contribution in [3.05, 3.63) is 0 Å². The van der Waals surface area contributed by atoms with Crippen molar-refractivity contribution in [3.63, 3.8) is 0 Å². The fraction of sp³-hybridized carbons (Fsp3) is 1.00. The van der Waals surface area contributed by atoms with Crippen LogP contribution in [0.5, 0.6) is 0 Å². The summed E-state index contributed by atoms with van der Waals surface area (Å²) in [6, 6.07) is 0. The van der Waals surface area contributed by atoms with E-state index in [0.717, 1.165) is 18.5 Å². The first-order chi connectivity index (χ1) is 4.52. The highest BCUT2D eigenvalue weighted by molar-refractivity contribution is 6.57. The first-order valence-corrected chi connectivity index (χ1v) is 4.52. The Balaban J connectivity index is 3.34. The molecule has 0 saturated carbocycles. The third kappa shape index (κ3) is 6.19. The van der Waals surface area contributed by atoms with E-state index in [0.29, 0.717) is 0 Å². The first-order valence-electron chi connectivity index (χ1n) is 4.52. The van der Waals surface area contributed by atoms with Crippen molar-refractivity contribution in [2.24, 2.45) is 11.8 Å². The lowest BCUT2D eigenvalue weighted by Crippen LogP contribution is -2.12. The van der Waals surface area contributed by atoms with Gasteiger partial charge in [-0.2, -0.15) is 0 Å². The molecule has 0 nitrogen and oxygen atoms in total.